The molecule has 1 aliphatic rings. The molecule has 0 bridgehead atoms. The summed E-state index contributed by atoms with van der Waals surface area (Å²) in [4.78, 5) is 17.7. The Balaban J connectivity index is 1.39. The number of ether oxygens (including phenoxy) is 1. The molecular weight excluding hydrogens is 560 g/mol. The van der Waals surface area contributed by atoms with Gasteiger partial charge in [-0.3, -0.25) is 14.7 Å². The highest BCUT2D eigenvalue weighted by Crippen LogP contribution is 2.37. The summed E-state index contributed by atoms with van der Waals surface area (Å²) in [5, 5.41) is 9.92. The Hall–Kier alpha value is -3.35. The van der Waals surface area contributed by atoms with E-state index in [9.17, 15) is 23.1 Å². The normalized spacial score (nSPS) is 18.5. The van der Waals surface area contributed by atoms with Crippen LogP contribution in [-0.2, 0) is 11.0 Å². The number of benzene rings is 2. The molecule has 218 valence electrons. The summed E-state index contributed by atoms with van der Waals surface area (Å²) in [5.74, 6) is 5.80. The number of pyridine rings is 1. The van der Waals surface area contributed by atoms with Crippen LogP contribution in [0.2, 0.25) is 5.02 Å². The minimum absolute atomic E-state index is 0.0235. The van der Waals surface area contributed by atoms with Crippen LogP contribution in [0.1, 0.15) is 55.0 Å². The highest BCUT2D eigenvalue weighted by Gasteiger charge is 2.31. The first-order valence-corrected chi connectivity index (χ1v) is 13.8. The predicted octanol–water partition coefficient (Wildman–Crippen LogP) is 7.56. The van der Waals surface area contributed by atoms with E-state index in [0.29, 0.717) is 66.7 Å². The molecule has 1 saturated heterocycles. The molecule has 0 aliphatic carbocycles. The van der Waals surface area contributed by atoms with Gasteiger partial charge in [-0.1, -0.05) is 23.4 Å². The van der Waals surface area contributed by atoms with Crippen LogP contribution in [0.5, 0.6) is 5.75 Å². The van der Waals surface area contributed by atoms with Crippen LogP contribution >= 0.6 is 11.6 Å². The number of likely N-dealkylation sites (tertiary alicyclic amines) is 1. The number of aliphatic carboxylic acids is 1. The molecule has 0 amide bonds. The highest BCUT2D eigenvalue weighted by atomic mass is 35.5. The Bertz CT molecular complexity index is 1440. The molecular formula is C31H31ClF4N2O3. The average Bonchev–Trinajstić information content (AvgIpc) is 2.94. The Morgan fingerprint density at radius 1 is 1.20 bits per heavy atom. The van der Waals surface area contributed by atoms with E-state index in [1.165, 1.54) is 6.07 Å². The molecule has 2 heterocycles. The summed E-state index contributed by atoms with van der Waals surface area (Å²) in [5.41, 5.74) is 0.735. The molecule has 3 atom stereocenters. The van der Waals surface area contributed by atoms with Gasteiger partial charge in [-0.05, 0) is 92.1 Å². The quantitative estimate of drug-likeness (QED) is 0.206. The van der Waals surface area contributed by atoms with Crippen molar-refractivity contribution in [2.24, 2.45) is 11.8 Å². The molecule has 0 spiro atoms. The van der Waals surface area contributed by atoms with Gasteiger partial charge in [-0.15, -0.1) is 0 Å². The number of piperidine rings is 1. The molecule has 0 radical (unpaired) electrons. The second-order valence-electron chi connectivity index (χ2n) is 10.3. The van der Waals surface area contributed by atoms with E-state index < -0.39 is 23.9 Å². The second kappa shape index (κ2) is 13.5. The summed E-state index contributed by atoms with van der Waals surface area (Å²) in [7, 11) is 1.56. The number of halogens is 5. The van der Waals surface area contributed by atoms with E-state index >= 15 is 4.39 Å². The Morgan fingerprint density at radius 3 is 2.71 bits per heavy atom. The van der Waals surface area contributed by atoms with Gasteiger partial charge in [0.15, 0.2) is 0 Å². The number of alkyl halides is 4. The fraction of sp³-hybridized carbons (Fsp3) is 0.419. The van der Waals surface area contributed by atoms with Gasteiger partial charge < -0.3 is 9.84 Å². The zero-order chi connectivity index (χ0) is 29.6. The summed E-state index contributed by atoms with van der Waals surface area (Å²) < 4.78 is 59.5. The Kier molecular flexibility index (Phi) is 10.1. The molecule has 2 aromatic carbocycles. The fourth-order valence-electron chi connectivity index (χ4n) is 5.42. The van der Waals surface area contributed by atoms with E-state index in [4.69, 9.17) is 16.3 Å². The summed E-state index contributed by atoms with van der Waals surface area (Å²) >= 11 is 6.01. The van der Waals surface area contributed by atoms with Gasteiger partial charge in [0.1, 0.15) is 11.9 Å². The maximum Gasteiger partial charge on any atom is 0.416 e. The number of rotatable bonds is 9. The summed E-state index contributed by atoms with van der Waals surface area (Å²) in [6.45, 7) is 1.68. The molecule has 41 heavy (non-hydrogen) atoms. The van der Waals surface area contributed by atoms with Crippen molar-refractivity contribution in [3.05, 3.63) is 70.4 Å². The Labute approximate surface area is 241 Å². The monoisotopic (exact) mass is 590 g/mol. The molecule has 1 aliphatic heterocycles. The lowest BCUT2D eigenvalue weighted by Gasteiger charge is -2.38. The molecule has 0 saturated carbocycles. The first-order chi connectivity index (χ1) is 19.5. The lowest BCUT2D eigenvalue weighted by molar-refractivity contribution is -0.138. The van der Waals surface area contributed by atoms with Crippen molar-refractivity contribution in [3.8, 4) is 17.6 Å². The lowest BCUT2D eigenvalue weighted by Crippen LogP contribution is -2.41. The third kappa shape index (κ3) is 8.11. The van der Waals surface area contributed by atoms with Crippen LogP contribution in [0, 0.1) is 23.7 Å². The van der Waals surface area contributed by atoms with E-state index in [1.54, 1.807) is 37.6 Å². The molecule has 1 N–H and O–H groups in total. The minimum atomic E-state index is -4.48. The van der Waals surface area contributed by atoms with Crippen LogP contribution in [0.25, 0.3) is 10.9 Å². The van der Waals surface area contributed by atoms with Gasteiger partial charge >= 0.3 is 12.1 Å². The van der Waals surface area contributed by atoms with Crippen LogP contribution in [0.3, 0.4) is 0 Å². The number of carboxylic acid groups (broad SMARTS) is 1. The van der Waals surface area contributed by atoms with E-state index in [0.717, 1.165) is 18.6 Å². The molecule has 2 unspecified atom stereocenters. The molecule has 4 rings (SSSR count). The Morgan fingerprint density at radius 2 is 2.00 bits per heavy atom. The van der Waals surface area contributed by atoms with Crippen molar-refractivity contribution < 1.29 is 32.2 Å². The first kappa shape index (κ1) is 30.6. The highest BCUT2D eigenvalue weighted by molar-refractivity contribution is 6.31. The number of aromatic nitrogens is 1. The second-order valence-corrected chi connectivity index (χ2v) is 10.7. The average molecular weight is 591 g/mol. The van der Waals surface area contributed by atoms with Gasteiger partial charge in [0.2, 0.25) is 0 Å². The smallest absolute Gasteiger partial charge is 0.416 e. The van der Waals surface area contributed by atoms with Gasteiger partial charge in [-0.2, -0.15) is 13.2 Å². The van der Waals surface area contributed by atoms with Crippen molar-refractivity contribution in [2.75, 3.05) is 26.7 Å². The standard InChI is InChI=1S/C31H31ClF4N2O3/c1-41-24-8-10-29-26(18-24)25(12-14-37-29)28(33)9-5-20-13-16-38(19-22(20)6-11-30(39)40)15-2-3-21-4-7-23(17-27(21)32)31(34,35)36/h4,7-8,10,12,14,17-18,20,22,28H,5-6,9,11,13,15-16,19H2,1H3,(H,39,40)/t20?,22?,28-/m0/s1. The number of methoxy groups -OCH3 is 1. The zero-order valence-corrected chi connectivity index (χ0v) is 23.3. The van der Waals surface area contributed by atoms with Crippen LogP contribution in [0.4, 0.5) is 17.6 Å². The molecule has 1 aromatic heterocycles. The number of fused-ring (bicyclic) bond motifs is 1. The van der Waals surface area contributed by atoms with Gasteiger partial charge in [0.05, 0.1) is 29.8 Å². The SMILES string of the molecule is COc1ccc2nccc([C@@H](F)CCC3CCN(CC#Cc4ccc(C(F)(F)F)cc4Cl)CC3CCC(=O)O)c2c1. The number of hydrogen-bond acceptors (Lipinski definition) is 4. The minimum Gasteiger partial charge on any atom is -0.497 e. The van der Waals surface area contributed by atoms with Crippen LogP contribution in [0.15, 0.2) is 48.7 Å². The van der Waals surface area contributed by atoms with E-state index in [1.807, 2.05) is 0 Å². The van der Waals surface area contributed by atoms with Gasteiger partial charge in [-0.25, -0.2) is 4.39 Å². The van der Waals surface area contributed by atoms with E-state index in [-0.39, 0.29) is 23.3 Å². The van der Waals surface area contributed by atoms with Crippen molar-refractivity contribution >= 4 is 28.5 Å². The fourth-order valence-corrected chi connectivity index (χ4v) is 5.65. The number of nitrogens with zero attached hydrogens (tertiary/aromatic N) is 2. The van der Waals surface area contributed by atoms with Crippen LogP contribution in [-0.4, -0.2) is 47.7 Å². The maximum absolute atomic E-state index is 15.6. The third-order valence-electron chi connectivity index (χ3n) is 7.64. The van der Waals surface area contributed by atoms with Gasteiger partial charge in [0, 0.05) is 30.1 Å². The van der Waals surface area contributed by atoms with Crippen molar-refractivity contribution in [1.82, 2.24) is 9.88 Å². The van der Waals surface area contributed by atoms with Crippen molar-refractivity contribution in [2.45, 2.75) is 44.5 Å². The topological polar surface area (TPSA) is 62.7 Å². The molecule has 1 fully saturated rings. The van der Waals surface area contributed by atoms with Crippen molar-refractivity contribution in [1.29, 1.82) is 0 Å². The first-order valence-electron chi connectivity index (χ1n) is 13.4. The van der Waals surface area contributed by atoms with Gasteiger partial charge in [0.25, 0.3) is 0 Å². The third-order valence-corrected chi connectivity index (χ3v) is 7.95. The summed E-state index contributed by atoms with van der Waals surface area (Å²) in [6, 6.07) is 10.1. The number of carboxylic acids is 1. The molecule has 5 nitrogen and oxygen atoms in total. The largest absolute Gasteiger partial charge is 0.497 e. The lowest BCUT2D eigenvalue weighted by atomic mass is 9.79. The van der Waals surface area contributed by atoms with Crippen LogP contribution < -0.4 is 4.74 Å². The number of carbonyl (C=O) groups is 1. The zero-order valence-electron chi connectivity index (χ0n) is 22.6. The molecule has 3 aromatic rings. The van der Waals surface area contributed by atoms with Crippen molar-refractivity contribution in [3.63, 3.8) is 0 Å². The maximum atomic E-state index is 15.6. The number of hydrogen-bond donors (Lipinski definition) is 1. The van der Waals surface area contributed by atoms with E-state index in [2.05, 4.69) is 21.7 Å². The predicted molar refractivity (Wildman–Crippen MR) is 150 cm³/mol. The summed E-state index contributed by atoms with van der Waals surface area (Å²) in [6.07, 6.45) is -1.90. The molecule has 10 heteroatoms.